The highest BCUT2D eigenvalue weighted by atomic mass is 32.1. The summed E-state index contributed by atoms with van der Waals surface area (Å²) in [5.74, 6) is -0.358. The van der Waals surface area contributed by atoms with E-state index in [1.165, 1.54) is 42.4 Å². The second-order valence-corrected chi connectivity index (χ2v) is 6.33. The van der Waals surface area contributed by atoms with Crippen molar-refractivity contribution in [2.24, 2.45) is 0 Å². The Bertz CT molecular complexity index is 688. The summed E-state index contributed by atoms with van der Waals surface area (Å²) in [6, 6.07) is 6.51. The molecule has 3 rings (SSSR count). The minimum atomic E-state index is -0.358. The summed E-state index contributed by atoms with van der Waals surface area (Å²) < 4.78 is 4.79. The van der Waals surface area contributed by atoms with Gasteiger partial charge in [-0.05, 0) is 42.9 Å². The molecule has 20 heavy (non-hydrogen) atoms. The molecule has 104 valence electrons. The first-order valence-electron chi connectivity index (χ1n) is 6.71. The third-order valence-corrected chi connectivity index (χ3v) is 4.98. The van der Waals surface area contributed by atoms with Crippen molar-refractivity contribution in [1.29, 1.82) is 0 Å². The van der Waals surface area contributed by atoms with Gasteiger partial charge in [-0.3, -0.25) is 0 Å². The molecule has 1 aliphatic rings. The predicted molar refractivity (Wildman–Crippen MR) is 82.3 cm³/mol. The van der Waals surface area contributed by atoms with Gasteiger partial charge >= 0.3 is 5.97 Å². The lowest BCUT2D eigenvalue weighted by Crippen LogP contribution is -2.02. The van der Waals surface area contributed by atoms with Crippen LogP contribution in [0.3, 0.4) is 0 Å². The maximum absolute atomic E-state index is 11.7. The summed E-state index contributed by atoms with van der Waals surface area (Å²) in [5, 5.41) is 0. The molecule has 4 heteroatoms. The molecule has 0 saturated heterocycles. The van der Waals surface area contributed by atoms with Crippen molar-refractivity contribution < 1.29 is 9.53 Å². The van der Waals surface area contributed by atoms with Crippen LogP contribution in [0.1, 0.15) is 32.1 Å². The molecular weight excluding hydrogens is 270 g/mol. The van der Waals surface area contributed by atoms with Crippen molar-refractivity contribution in [3.63, 3.8) is 0 Å². The number of rotatable bonds is 2. The van der Waals surface area contributed by atoms with Gasteiger partial charge in [0.1, 0.15) is 4.88 Å². The first kappa shape index (κ1) is 13.2. The molecule has 1 aliphatic carbocycles. The van der Waals surface area contributed by atoms with E-state index >= 15 is 0 Å². The number of ether oxygens (including phenoxy) is 1. The monoisotopic (exact) mass is 287 g/mol. The van der Waals surface area contributed by atoms with Crippen LogP contribution in [0, 0.1) is 6.92 Å². The van der Waals surface area contributed by atoms with Crippen molar-refractivity contribution in [2.75, 3.05) is 12.8 Å². The number of aryl methyl sites for hydroxylation is 3. The van der Waals surface area contributed by atoms with E-state index in [4.69, 9.17) is 10.5 Å². The molecule has 0 aliphatic heterocycles. The highest BCUT2D eigenvalue weighted by Crippen LogP contribution is 2.40. The highest BCUT2D eigenvalue weighted by molar-refractivity contribution is 7.15. The molecule has 0 saturated carbocycles. The second kappa shape index (κ2) is 4.94. The maximum Gasteiger partial charge on any atom is 0.350 e. The van der Waals surface area contributed by atoms with Crippen LogP contribution in [-0.4, -0.2) is 13.1 Å². The third kappa shape index (κ3) is 2.00. The van der Waals surface area contributed by atoms with Crippen LogP contribution < -0.4 is 5.73 Å². The number of nitrogens with two attached hydrogens (primary N) is 1. The number of methoxy groups -OCH3 is 1. The van der Waals surface area contributed by atoms with Gasteiger partial charge in [0.05, 0.1) is 12.8 Å². The molecule has 0 unspecified atom stereocenters. The molecule has 2 aromatic rings. The molecule has 0 bridgehead atoms. The van der Waals surface area contributed by atoms with E-state index in [1.54, 1.807) is 0 Å². The standard InChI is InChI=1S/C16H17NO2S/c1-9-13(14(17)15(20-9)16(18)19-2)12-7-6-10-4-3-5-11(10)8-12/h6-8H,3-5,17H2,1-2H3. The number of benzene rings is 1. The number of anilines is 1. The average Bonchev–Trinajstić information content (AvgIpc) is 3.01. The van der Waals surface area contributed by atoms with Crippen molar-refractivity contribution in [3.05, 3.63) is 39.1 Å². The summed E-state index contributed by atoms with van der Waals surface area (Å²) in [6.07, 6.45) is 3.53. The molecular formula is C16H17NO2S. The zero-order valence-electron chi connectivity index (χ0n) is 11.7. The van der Waals surface area contributed by atoms with E-state index in [0.29, 0.717) is 10.6 Å². The fourth-order valence-corrected chi connectivity index (χ4v) is 3.91. The molecule has 3 nitrogen and oxygen atoms in total. The molecule has 0 atom stereocenters. The lowest BCUT2D eigenvalue weighted by Gasteiger charge is -2.06. The predicted octanol–water partition coefficient (Wildman–Crippen LogP) is 3.58. The van der Waals surface area contributed by atoms with E-state index in [0.717, 1.165) is 22.4 Å². The average molecular weight is 287 g/mol. The molecule has 0 radical (unpaired) electrons. The minimum absolute atomic E-state index is 0.358. The van der Waals surface area contributed by atoms with Gasteiger partial charge in [0.25, 0.3) is 0 Å². The number of carbonyl (C=O) groups is 1. The minimum Gasteiger partial charge on any atom is -0.465 e. The number of esters is 1. The lowest BCUT2D eigenvalue weighted by atomic mass is 9.99. The van der Waals surface area contributed by atoms with E-state index in [9.17, 15) is 4.79 Å². The zero-order chi connectivity index (χ0) is 14.3. The number of hydrogen-bond donors (Lipinski definition) is 1. The van der Waals surface area contributed by atoms with Gasteiger partial charge < -0.3 is 10.5 Å². The van der Waals surface area contributed by atoms with Gasteiger partial charge in [0.15, 0.2) is 0 Å². The summed E-state index contributed by atoms with van der Waals surface area (Å²) in [7, 11) is 1.38. The second-order valence-electron chi connectivity index (χ2n) is 5.10. The lowest BCUT2D eigenvalue weighted by molar-refractivity contribution is 0.0607. The van der Waals surface area contributed by atoms with E-state index in [-0.39, 0.29) is 5.97 Å². The quantitative estimate of drug-likeness (QED) is 0.859. The highest BCUT2D eigenvalue weighted by Gasteiger charge is 2.21. The van der Waals surface area contributed by atoms with Crippen molar-refractivity contribution >= 4 is 23.0 Å². The van der Waals surface area contributed by atoms with Crippen LogP contribution in [0.15, 0.2) is 18.2 Å². The number of nitrogen functional groups attached to an aromatic ring is 1. The SMILES string of the molecule is COC(=O)c1sc(C)c(-c2ccc3c(c2)CCC3)c1N. The van der Waals surface area contributed by atoms with Gasteiger partial charge in [-0.25, -0.2) is 4.79 Å². The van der Waals surface area contributed by atoms with Crippen molar-refractivity contribution in [1.82, 2.24) is 0 Å². The van der Waals surface area contributed by atoms with Crippen LogP contribution in [0.25, 0.3) is 11.1 Å². The Hall–Kier alpha value is -1.81. The first-order valence-corrected chi connectivity index (χ1v) is 7.53. The van der Waals surface area contributed by atoms with Gasteiger partial charge in [-0.15, -0.1) is 11.3 Å². The largest absolute Gasteiger partial charge is 0.465 e. The Labute approximate surface area is 122 Å². The van der Waals surface area contributed by atoms with E-state index < -0.39 is 0 Å². The third-order valence-electron chi connectivity index (χ3n) is 3.88. The molecule has 1 aromatic heterocycles. The fraction of sp³-hybridized carbons (Fsp3) is 0.312. The molecule has 0 amide bonds. The molecule has 0 fully saturated rings. The summed E-state index contributed by atoms with van der Waals surface area (Å²) in [4.78, 5) is 13.3. The van der Waals surface area contributed by atoms with Crippen LogP contribution in [0.2, 0.25) is 0 Å². The summed E-state index contributed by atoms with van der Waals surface area (Å²) >= 11 is 1.40. The molecule has 0 spiro atoms. The van der Waals surface area contributed by atoms with Crippen molar-refractivity contribution in [3.8, 4) is 11.1 Å². The van der Waals surface area contributed by atoms with Crippen LogP contribution in [0.4, 0.5) is 5.69 Å². The molecule has 2 N–H and O–H groups in total. The van der Waals surface area contributed by atoms with Crippen LogP contribution in [0.5, 0.6) is 0 Å². The van der Waals surface area contributed by atoms with E-state index in [1.807, 2.05) is 6.92 Å². The van der Waals surface area contributed by atoms with Gasteiger partial charge in [-0.1, -0.05) is 18.2 Å². The maximum atomic E-state index is 11.7. The Morgan fingerprint density at radius 3 is 2.80 bits per heavy atom. The number of carbonyl (C=O) groups excluding carboxylic acids is 1. The van der Waals surface area contributed by atoms with E-state index in [2.05, 4.69) is 18.2 Å². The Morgan fingerprint density at radius 1 is 1.30 bits per heavy atom. The zero-order valence-corrected chi connectivity index (χ0v) is 12.5. The molecule has 1 heterocycles. The number of fused-ring (bicyclic) bond motifs is 1. The van der Waals surface area contributed by atoms with Gasteiger partial charge in [0, 0.05) is 10.4 Å². The normalized spacial score (nSPS) is 13.3. The van der Waals surface area contributed by atoms with Crippen LogP contribution >= 0.6 is 11.3 Å². The Kier molecular flexibility index (Phi) is 3.26. The number of thiophene rings is 1. The number of hydrogen-bond acceptors (Lipinski definition) is 4. The fourth-order valence-electron chi connectivity index (χ4n) is 2.89. The summed E-state index contributed by atoms with van der Waals surface area (Å²) in [5.41, 5.74) is 11.6. The van der Waals surface area contributed by atoms with Gasteiger partial charge in [-0.2, -0.15) is 0 Å². The Morgan fingerprint density at radius 2 is 2.05 bits per heavy atom. The van der Waals surface area contributed by atoms with Crippen molar-refractivity contribution in [2.45, 2.75) is 26.2 Å². The topological polar surface area (TPSA) is 52.3 Å². The molecule has 1 aromatic carbocycles. The van der Waals surface area contributed by atoms with Crippen LogP contribution in [-0.2, 0) is 17.6 Å². The summed E-state index contributed by atoms with van der Waals surface area (Å²) in [6.45, 7) is 2.00. The first-order chi connectivity index (χ1) is 9.61. The van der Waals surface area contributed by atoms with Gasteiger partial charge in [0.2, 0.25) is 0 Å². The Balaban J connectivity index is 2.10. The smallest absolute Gasteiger partial charge is 0.350 e.